The van der Waals surface area contributed by atoms with Crippen LogP contribution in [0.1, 0.15) is 30.3 Å². The fourth-order valence-corrected chi connectivity index (χ4v) is 2.37. The highest BCUT2D eigenvalue weighted by Crippen LogP contribution is 2.22. The minimum Gasteiger partial charge on any atom is -0.477 e. The molecule has 0 bridgehead atoms. The molecule has 114 valence electrons. The Morgan fingerprint density at radius 2 is 2.29 bits per heavy atom. The molecule has 0 aliphatic carbocycles. The van der Waals surface area contributed by atoms with Gasteiger partial charge in [0.2, 0.25) is 0 Å². The third-order valence-corrected chi connectivity index (χ3v) is 3.51. The average Bonchev–Trinajstić information content (AvgIpc) is 2.93. The Morgan fingerprint density at radius 3 is 2.90 bits per heavy atom. The van der Waals surface area contributed by atoms with Gasteiger partial charge in [-0.1, -0.05) is 6.92 Å². The van der Waals surface area contributed by atoms with Gasteiger partial charge in [-0.15, -0.1) is 0 Å². The van der Waals surface area contributed by atoms with Crippen molar-refractivity contribution in [3.63, 3.8) is 0 Å². The van der Waals surface area contributed by atoms with Crippen molar-refractivity contribution in [2.45, 2.75) is 25.9 Å². The van der Waals surface area contributed by atoms with Crippen LogP contribution in [0.4, 0.5) is 10.5 Å². The normalized spacial score (nSPS) is 21.0. The van der Waals surface area contributed by atoms with Crippen LogP contribution in [0.3, 0.4) is 0 Å². The smallest absolute Gasteiger partial charge is 0.354 e. The summed E-state index contributed by atoms with van der Waals surface area (Å²) in [5.74, 6) is -0.758. The molecule has 0 aromatic carbocycles. The molecule has 21 heavy (non-hydrogen) atoms. The first-order valence-electron chi connectivity index (χ1n) is 6.96. The van der Waals surface area contributed by atoms with Gasteiger partial charge in [-0.05, 0) is 25.0 Å². The van der Waals surface area contributed by atoms with Gasteiger partial charge in [-0.2, -0.15) is 0 Å². The van der Waals surface area contributed by atoms with E-state index in [2.05, 4.69) is 22.5 Å². The fourth-order valence-electron chi connectivity index (χ4n) is 2.37. The fraction of sp³-hybridized carbons (Fsp3) is 0.500. The predicted octanol–water partition coefficient (Wildman–Crippen LogP) is 1.72. The zero-order chi connectivity index (χ0) is 15.2. The summed E-state index contributed by atoms with van der Waals surface area (Å²) >= 11 is 0. The summed E-state index contributed by atoms with van der Waals surface area (Å²) < 4.78 is 5.56. The molecule has 2 atom stereocenters. The van der Waals surface area contributed by atoms with Gasteiger partial charge in [0, 0.05) is 19.1 Å². The lowest BCUT2D eigenvalue weighted by molar-refractivity contribution is 0.0690. The molecular formula is C14H19N3O4. The van der Waals surface area contributed by atoms with E-state index in [1.54, 1.807) is 0 Å². The van der Waals surface area contributed by atoms with Crippen molar-refractivity contribution in [2.24, 2.45) is 5.92 Å². The maximum Gasteiger partial charge on any atom is 0.354 e. The van der Waals surface area contributed by atoms with Crippen LogP contribution in [0.2, 0.25) is 0 Å². The Kier molecular flexibility index (Phi) is 5.10. The number of nitrogens with zero attached hydrogens (tertiary/aromatic N) is 1. The second-order valence-electron chi connectivity index (χ2n) is 4.94. The third kappa shape index (κ3) is 4.16. The van der Waals surface area contributed by atoms with E-state index >= 15 is 0 Å². The minimum atomic E-state index is -1.10. The van der Waals surface area contributed by atoms with Crippen LogP contribution in [0.5, 0.6) is 0 Å². The number of nitrogens with one attached hydrogen (secondary N) is 2. The van der Waals surface area contributed by atoms with Crippen LogP contribution in [-0.4, -0.2) is 41.3 Å². The number of hydrogen-bond donors (Lipinski definition) is 3. The number of urea groups is 1. The number of aromatic carboxylic acids is 1. The molecule has 2 heterocycles. The summed E-state index contributed by atoms with van der Waals surface area (Å²) in [6.45, 7) is 3.37. The van der Waals surface area contributed by atoms with Gasteiger partial charge in [0.1, 0.15) is 5.69 Å². The number of anilines is 1. The van der Waals surface area contributed by atoms with Crippen LogP contribution < -0.4 is 10.6 Å². The van der Waals surface area contributed by atoms with Crippen molar-refractivity contribution in [1.29, 1.82) is 0 Å². The van der Waals surface area contributed by atoms with E-state index in [0.717, 1.165) is 19.4 Å². The summed E-state index contributed by atoms with van der Waals surface area (Å²) in [6, 6.07) is 2.51. The maximum atomic E-state index is 11.8. The lowest BCUT2D eigenvalue weighted by atomic mass is 10.00. The molecule has 0 saturated carbocycles. The van der Waals surface area contributed by atoms with Gasteiger partial charge in [0.05, 0.1) is 18.0 Å². The highest BCUT2D eigenvalue weighted by molar-refractivity contribution is 5.90. The molecule has 3 N–H and O–H groups in total. The van der Waals surface area contributed by atoms with Crippen molar-refractivity contribution < 1.29 is 19.4 Å². The lowest BCUT2D eigenvalue weighted by Gasteiger charge is -2.17. The van der Waals surface area contributed by atoms with Gasteiger partial charge in [-0.25, -0.2) is 14.6 Å². The van der Waals surface area contributed by atoms with Crippen molar-refractivity contribution in [3.05, 3.63) is 24.0 Å². The first-order chi connectivity index (χ1) is 10.1. The van der Waals surface area contributed by atoms with Crippen molar-refractivity contribution in [1.82, 2.24) is 10.3 Å². The molecule has 1 aromatic heterocycles. The second-order valence-corrected chi connectivity index (χ2v) is 4.94. The van der Waals surface area contributed by atoms with E-state index in [9.17, 15) is 9.59 Å². The molecule has 2 unspecified atom stereocenters. The van der Waals surface area contributed by atoms with Crippen LogP contribution in [0, 0.1) is 5.92 Å². The summed E-state index contributed by atoms with van der Waals surface area (Å²) in [6.07, 6.45) is 3.42. The van der Waals surface area contributed by atoms with Crippen LogP contribution in [-0.2, 0) is 4.74 Å². The highest BCUT2D eigenvalue weighted by atomic mass is 16.5. The van der Waals surface area contributed by atoms with E-state index in [-0.39, 0.29) is 17.8 Å². The first-order valence-corrected chi connectivity index (χ1v) is 6.96. The van der Waals surface area contributed by atoms with E-state index in [1.807, 2.05) is 0 Å². The first kappa shape index (κ1) is 15.2. The van der Waals surface area contributed by atoms with Crippen LogP contribution in [0.25, 0.3) is 0 Å². The predicted molar refractivity (Wildman–Crippen MR) is 76.4 cm³/mol. The molecule has 1 aliphatic heterocycles. The standard InChI is InChI=1S/C14H19N3O4/c1-2-12-9(5-6-21-12)7-16-14(20)17-10-3-4-11(13(18)19)15-8-10/h3-4,8-9,12H,2,5-7H2,1H3,(H,18,19)(H2,16,17,20). The van der Waals surface area contributed by atoms with Crippen molar-refractivity contribution in [2.75, 3.05) is 18.5 Å². The van der Waals surface area contributed by atoms with Gasteiger partial charge < -0.3 is 20.5 Å². The Balaban J connectivity index is 1.80. The number of aromatic nitrogens is 1. The molecule has 0 spiro atoms. The largest absolute Gasteiger partial charge is 0.477 e. The lowest BCUT2D eigenvalue weighted by Crippen LogP contribution is -2.35. The topological polar surface area (TPSA) is 101 Å². The monoisotopic (exact) mass is 293 g/mol. The summed E-state index contributed by atoms with van der Waals surface area (Å²) in [4.78, 5) is 26.2. The quantitative estimate of drug-likeness (QED) is 0.767. The van der Waals surface area contributed by atoms with Crippen LogP contribution >= 0.6 is 0 Å². The van der Waals surface area contributed by atoms with Gasteiger partial charge in [-0.3, -0.25) is 0 Å². The molecule has 2 amide bonds. The second kappa shape index (κ2) is 7.03. The molecule has 0 radical (unpaired) electrons. The zero-order valence-electron chi connectivity index (χ0n) is 11.8. The Bertz CT molecular complexity index is 503. The van der Waals surface area contributed by atoms with E-state index in [1.165, 1.54) is 18.3 Å². The number of ether oxygens (including phenoxy) is 1. The number of rotatable bonds is 5. The van der Waals surface area contributed by atoms with Crippen molar-refractivity contribution >= 4 is 17.7 Å². The number of amides is 2. The maximum absolute atomic E-state index is 11.8. The number of carboxylic acid groups (broad SMARTS) is 1. The highest BCUT2D eigenvalue weighted by Gasteiger charge is 2.26. The summed E-state index contributed by atoms with van der Waals surface area (Å²) in [5, 5.41) is 14.2. The molecule has 1 saturated heterocycles. The number of carbonyl (C=O) groups is 2. The third-order valence-electron chi connectivity index (χ3n) is 3.51. The number of hydrogen-bond acceptors (Lipinski definition) is 4. The Morgan fingerprint density at radius 1 is 1.48 bits per heavy atom. The van der Waals surface area contributed by atoms with E-state index < -0.39 is 5.97 Å². The number of pyridine rings is 1. The van der Waals surface area contributed by atoms with Gasteiger partial charge in [0.25, 0.3) is 0 Å². The molecule has 7 heteroatoms. The molecule has 1 aliphatic rings. The van der Waals surface area contributed by atoms with E-state index in [0.29, 0.717) is 18.2 Å². The molecular weight excluding hydrogens is 274 g/mol. The Labute approximate surface area is 122 Å². The Hall–Kier alpha value is -2.15. The van der Waals surface area contributed by atoms with Crippen molar-refractivity contribution in [3.8, 4) is 0 Å². The number of carbonyl (C=O) groups excluding carboxylic acids is 1. The average molecular weight is 293 g/mol. The summed E-state index contributed by atoms with van der Waals surface area (Å²) in [5.41, 5.74) is 0.391. The molecule has 2 rings (SSSR count). The van der Waals surface area contributed by atoms with Crippen LogP contribution in [0.15, 0.2) is 18.3 Å². The molecule has 1 fully saturated rings. The van der Waals surface area contributed by atoms with Gasteiger partial charge >= 0.3 is 12.0 Å². The van der Waals surface area contributed by atoms with Gasteiger partial charge in [0.15, 0.2) is 0 Å². The molecule has 7 nitrogen and oxygen atoms in total. The number of carboxylic acids is 1. The zero-order valence-corrected chi connectivity index (χ0v) is 11.8. The SMILES string of the molecule is CCC1OCCC1CNC(=O)Nc1ccc(C(=O)O)nc1. The molecule has 1 aromatic rings. The summed E-state index contributed by atoms with van der Waals surface area (Å²) in [7, 11) is 0. The van der Waals surface area contributed by atoms with E-state index in [4.69, 9.17) is 9.84 Å². The minimum absolute atomic E-state index is 0.0603.